The van der Waals surface area contributed by atoms with Gasteiger partial charge in [0.2, 0.25) is 0 Å². The number of rotatable bonds is 4. The van der Waals surface area contributed by atoms with E-state index in [2.05, 4.69) is 29.2 Å². The molecule has 5 nitrogen and oxygen atoms in total. The van der Waals surface area contributed by atoms with Crippen LogP contribution in [-0.2, 0) is 19.4 Å². The molecule has 1 aliphatic heterocycles. The molecule has 1 aliphatic rings. The second-order valence-corrected chi connectivity index (χ2v) is 4.78. The van der Waals surface area contributed by atoms with Crippen LogP contribution < -0.4 is 5.32 Å². The lowest BCUT2D eigenvalue weighted by molar-refractivity contribution is -0.00905. The first-order valence-electron chi connectivity index (χ1n) is 6.52. The second kappa shape index (κ2) is 5.14. The molecule has 5 heteroatoms. The molecule has 0 amide bonds. The summed E-state index contributed by atoms with van der Waals surface area (Å²) >= 11 is 0. The normalized spacial score (nSPS) is 19.5. The van der Waals surface area contributed by atoms with Crippen LogP contribution in [0, 0.1) is 0 Å². The minimum atomic E-state index is -0.617. The van der Waals surface area contributed by atoms with Gasteiger partial charge in [0.1, 0.15) is 5.82 Å². The van der Waals surface area contributed by atoms with Gasteiger partial charge >= 0.3 is 0 Å². The average molecular weight is 238 g/mol. The van der Waals surface area contributed by atoms with Crippen molar-refractivity contribution in [2.45, 2.75) is 51.7 Å². The van der Waals surface area contributed by atoms with E-state index in [4.69, 9.17) is 0 Å². The summed E-state index contributed by atoms with van der Waals surface area (Å²) in [5.41, 5.74) is -0.617. The Balaban J connectivity index is 2.13. The average Bonchev–Trinajstić information content (AvgIpc) is 2.71. The number of nitrogens with zero attached hydrogens (tertiary/aromatic N) is 3. The van der Waals surface area contributed by atoms with Gasteiger partial charge in [0, 0.05) is 12.8 Å². The van der Waals surface area contributed by atoms with Crippen molar-refractivity contribution in [1.82, 2.24) is 20.1 Å². The molecule has 1 saturated heterocycles. The van der Waals surface area contributed by atoms with E-state index in [1.54, 1.807) is 0 Å². The van der Waals surface area contributed by atoms with Crippen LogP contribution in [0.4, 0.5) is 0 Å². The molecule has 2 rings (SSSR count). The molecule has 0 radical (unpaired) electrons. The third-order valence-corrected chi connectivity index (χ3v) is 3.40. The third kappa shape index (κ3) is 2.84. The molecule has 0 atom stereocenters. The van der Waals surface area contributed by atoms with Gasteiger partial charge in [0.15, 0.2) is 5.82 Å². The number of hydrogen-bond donors (Lipinski definition) is 2. The maximum absolute atomic E-state index is 10.5. The first kappa shape index (κ1) is 12.5. The number of aryl methyl sites for hydroxylation is 2. The summed E-state index contributed by atoms with van der Waals surface area (Å²) in [6.45, 7) is 6.47. The van der Waals surface area contributed by atoms with Crippen LogP contribution >= 0.6 is 0 Å². The van der Waals surface area contributed by atoms with Gasteiger partial charge in [-0.1, -0.05) is 13.8 Å². The molecule has 1 aromatic rings. The van der Waals surface area contributed by atoms with Crippen molar-refractivity contribution in [2.24, 2.45) is 0 Å². The van der Waals surface area contributed by atoms with Crippen LogP contribution in [0.25, 0.3) is 0 Å². The van der Waals surface area contributed by atoms with Crippen molar-refractivity contribution in [3.63, 3.8) is 0 Å². The minimum absolute atomic E-state index is 0.574. The molecule has 2 heterocycles. The number of aromatic nitrogens is 3. The SMILES string of the molecule is CCc1nc(CC)n(CC2(O)CCNCC2)n1. The first-order chi connectivity index (χ1) is 8.17. The first-order valence-corrected chi connectivity index (χ1v) is 6.52. The van der Waals surface area contributed by atoms with Gasteiger partial charge < -0.3 is 10.4 Å². The van der Waals surface area contributed by atoms with Crippen LogP contribution in [0.3, 0.4) is 0 Å². The summed E-state index contributed by atoms with van der Waals surface area (Å²) in [6, 6.07) is 0. The van der Waals surface area contributed by atoms with Crippen molar-refractivity contribution in [3.8, 4) is 0 Å². The number of hydrogen-bond acceptors (Lipinski definition) is 4. The summed E-state index contributed by atoms with van der Waals surface area (Å²) in [7, 11) is 0. The molecule has 0 unspecified atom stereocenters. The number of piperidine rings is 1. The molecule has 2 N–H and O–H groups in total. The van der Waals surface area contributed by atoms with Gasteiger partial charge in [0.05, 0.1) is 12.1 Å². The monoisotopic (exact) mass is 238 g/mol. The summed E-state index contributed by atoms with van der Waals surface area (Å²) < 4.78 is 1.89. The molecule has 17 heavy (non-hydrogen) atoms. The van der Waals surface area contributed by atoms with Crippen molar-refractivity contribution < 1.29 is 5.11 Å². The topological polar surface area (TPSA) is 63.0 Å². The van der Waals surface area contributed by atoms with Crippen LogP contribution in [0.5, 0.6) is 0 Å². The van der Waals surface area contributed by atoms with E-state index < -0.39 is 5.60 Å². The Labute approximate surface area is 102 Å². The summed E-state index contributed by atoms with van der Waals surface area (Å²) in [4.78, 5) is 4.47. The Bertz CT molecular complexity index is 369. The Kier molecular flexibility index (Phi) is 3.79. The third-order valence-electron chi connectivity index (χ3n) is 3.40. The van der Waals surface area contributed by atoms with Gasteiger partial charge in [-0.25, -0.2) is 9.67 Å². The Hall–Kier alpha value is -0.940. The Morgan fingerprint density at radius 1 is 1.29 bits per heavy atom. The molecular weight excluding hydrogens is 216 g/mol. The van der Waals surface area contributed by atoms with Gasteiger partial charge in [0.25, 0.3) is 0 Å². The van der Waals surface area contributed by atoms with E-state index in [1.165, 1.54) is 0 Å². The van der Waals surface area contributed by atoms with Crippen LogP contribution in [-0.4, -0.2) is 38.6 Å². The molecule has 0 spiro atoms. The highest BCUT2D eigenvalue weighted by Gasteiger charge is 2.30. The van der Waals surface area contributed by atoms with E-state index in [0.717, 1.165) is 50.4 Å². The summed E-state index contributed by atoms with van der Waals surface area (Å²) in [6.07, 6.45) is 3.29. The highest BCUT2D eigenvalue weighted by atomic mass is 16.3. The van der Waals surface area contributed by atoms with E-state index in [-0.39, 0.29) is 0 Å². The fourth-order valence-electron chi connectivity index (χ4n) is 2.29. The van der Waals surface area contributed by atoms with Crippen molar-refractivity contribution in [3.05, 3.63) is 11.6 Å². The molecule has 0 saturated carbocycles. The number of aliphatic hydroxyl groups is 1. The second-order valence-electron chi connectivity index (χ2n) is 4.78. The minimum Gasteiger partial charge on any atom is -0.388 e. The molecule has 96 valence electrons. The molecular formula is C12H22N4O. The maximum Gasteiger partial charge on any atom is 0.150 e. The Morgan fingerprint density at radius 2 is 2.00 bits per heavy atom. The Morgan fingerprint density at radius 3 is 2.59 bits per heavy atom. The largest absolute Gasteiger partial charge is 0.388 e. The smallest absolute Gasteiger partial charge is 0.150 e. The molecule has 1 fully saturated rings. The zero-order chi connectivity index (χ0) is 12.3. The van der Waals surface area contributed by atoms with Crippen LogP contribution in [0.2, 0.25) is 0 Å². The lowest BCUT2D eigenvalue weighted by Gasteiger charge is -2.32. The van der Waals surface area contributed by atoms with Gasteiger partial charge in [-0.2, -0.15) is 5.10 Å². The fourth-order valence-corrected chi connectivity index (χ4v) is 2.29. The zero-order valence-electron chi connectivity index (χ0n) is 10.7. The lowest BCUT2D eigenvalue weighted by atomic mass is 9.92. The van der Waals surface area contributed by atoms with Crippen molar-refractivity contribution in [1.29, 1.82) is 0 Å². The molecule has 0 bridgehead atoms. The van der Waals surface area contributed by atoms with Crippen LogP contribution in [0.15, 0.2) is 0 Å². The standard InChI is InChI=1S/C12H22N4O/c1-3-10-14-11(4-2)16(15-10)9-12(17)5-7-13-8-6-12/h13,17H,3-9H2,1-2H3. The maximum atomic E-state index is 10.5. The van der Waals surface area contributed by atoms with Crippen LogP contribution in [0.1, 0.15) is 38.3 Å². The highest BCUT2D eigenvalue weighted by Crippen LogP contribution is 2.20. The van der Waals surface area contributed by atoms with Crippen molar-refractivity contribution in [2.75, 3.05) is 13.1 Å². The van der Waals surface area contributed by atoms with E-state index in [9.17, 15) is 5.11 Å². The van der Waals surface area contributed by atoms with E-state index in [0.29, 0.717) is 6.54 Å². The van der Waals surface area contributed by atoms with Crippen molar-refractivity contribution >= 4 is 0 Å². The quantitative estimate of drug-likeness (QED) is 0.802. The molecule has 0 aromatic carbocycles. The van der Waals surface area contributed by atoms with E-state index >= 15 is 0 Å². The van der Waals surface area contributed by atoms with Gasteiger partial charge in [-0.05, 0) is 25.9 Å². The fraction of sp³-hybridized carbons (Fsp3) is 0.833. The summed E-state index contributed by atoms with van der Waals surface area (Å²) in [5.74, 6) is 1.85. The molecule has 1 aromatic heterocycles. The lowest BCUT2D eigenvalue weighted by Crippen LogP contribution is -2.45. The predicted molar refractivity (Wildman–Crippen MR) is 65.8 cm³/mol. The van der Waals surface area contributed by atoms with Gasteiger partial charge in [-0.3, -0.25) is 0 Å². The molecule has 0 aliphatic carbocycles. The highest BCUT2D eigenvalue weighted by molar-refractivity contribution is 4.95. The summed E-state index contributed by atoms with van der Waals surface area (Å²) in [5, 5.41) is 18.2. The number of nitrogens with one attached hydrogen (secondary N) is 1. The zero-order valence-corrected chi connectivity index (χ0v) is 10.7. The van der Waals surface area contributed by atoms with Gasteiger partial charge in [-0.15, -0.1) is 0 Å². The van der Waals surface area contributed by atoms with E-state index in [1.807, 2.05) is 4.68 Å². The predicted octanol–water partition coefficient (Wildman–Crippen LogP) is 0.517.